The van der Waals surface area contributed by atoms with Gasteiger partial charge in [-0.3, -0.25) is 4.79 Å². The molecule has 0 aliphatic heterocycles. The molecule has 1 fully saturated rings. The molecule has 2 N–H and O–H groups in total. The lowest BCUT2D eigenvalue weighted by Gasteiger charge is -2.25. The summed E-state index contributed by atoms with van der Waals surface area (Å²) in [5, 5.41) is 15.2. The Hall–Kier alpha value is -1.62. The molecule has 5 nitrogen and oxygen atoms in total. The number of fused-ring (bicyclic) bond motifs is 3. The zero-order chi connectivity index (χ0) is 15.1. The molecule has 0 radical (unpaired) electrons. The van der Waals surface area contributed by atoms with Crippen LogP contribution in [0.5, 0.6) is 0 Å². The molecular formula is C17H23N3O2. The topological polar surface area (TPSA) is 70.9 Å². The summed E-state index contributed by atoms with van der Waals surface area (Å²) in [6, 6.07) is 0. The van der Waals surface area contributed by atoms with E-state index in [0.29, 0.717) is 18.9 Å². The molecule has 2 aromatic heterocycles. The second-order valence-corrected chi connectivity index (χ2v) is 6.66. The molecule has 0 spiro atoms. The first-order valence-corrected chi connectivity index (χ1v) is 8.55. The maximum absolute atomic E-state index is 12.4. The molecule has 0 amide bonds. The lowest BCUT2D eigenvalue weighted by Crippen LogP contribution is -2.20. The molecule has 4 rings (SSSR count). The Morgan fingerprint density at radius 1 is 1.18 bits per heavy atom. The number of hydrogen-bond donors (Lipinski definition) is 2. The van der Waals surface area contributed by atoms with Gasteiger partial charge in [-0.1, -0.05) is 6.42 Å². The molecule has 0 aromatic carbocycles. The Kier molecular flexibility index (Phi) is 3.53. The first-order valence-electron chi connectivity index (χ1n) is 8.55. The molecule has 2 aliphatic carbocycles. The van der Waals surface area contributed by atoms with Gasteiger partial charge in [0.15, 0.2) is 0 Å². The minimum Gasteiger partial charge on any atom is -0.396 e. The second-order valence-electron chi connectivity index (χ2n) is 6.66. The number of aliphatic hydroxyl groups is 1. The Bertz CT molecular complexity index is 755. The van der Waals surface area contributed by atoms with Crippen molar-refractivity contribution in [3.05, 3.63) is 27.2 Å². The summed E-state index contributed by atoms with van der Waals surface area (Å²) in [5.74, 6) is 0.551. The van der Waals surface area contributed by atoms with E-state index in [2.05, 4.69) is 4.98 Å². The monoisotopic (exact) mass is 301 g/mol. The highest BCUT2D eigenvalue weighted by Gasteiger charge is 2.29. The summed E-state index contributed by atoms with van der Waals surface area (Å²) in [6.45, 7) is 0.809. The van der Waals surface area contributed by atoms with Crippen LogP contribution in [0.1, 0.15) is 61.3 Å². The number of aromatic nitrogens is 3. The summed E-state index contributed by atoms with van der Waals surface area (Å²) >= 11 is 0. The van der Waals surface area contributed by atoms with Crippen molar-refractivity contribution in [1.82, 2.24) is 14.8 Å². The number of aliphatic hydroxyl groups excluding tert-OH is 1. The fraction of sp³-hybridized carbons (Fsp3) is 0.647. The SMILES string of the molecule is O=c1[nH]c2c(c(C3CCC3)nn2CCCO)c2c1CCCC2. The molecule has 22 heavy (non-hydrogen) atoms. The molecule has 5 heteroatoms. The minimum absolute atomic E-state index is 0.0625. The van der Waals surface area contributed by atoms with Gasteiger partial charge in [0.05, 0.1) is 5.69 Å². The minimum atomic E-state index is 0.0625. The van der Waals surface area contributed by atoms with E-state index in [1.54, 1.807) is 0 Å². The van der Waals surface area contributed by atoms with Gasteiger partial charge in [-0.25, -0.2) is 4.68 Å². The fourth-order valence-electron chi connectivity index (χ4n) is 3.87. The average Bonchev–Trinajstić information content (AvgIpc) is 2.82. The molecule has 2 aliphatic rings. The lowest BCUT2D eigenvalue weighted by atomic mass is 9.80. The Balaban J connectivity index is 1.94. The second kappa shape index (κ2) is 5.54. The third kappa shape index (κ3) is 2.10. The Morgan fingerprint density at radius 2 is 1.95 bits per heavy atom. The number of nitrogens with zero attached hydrogens (tertiary/aromatic N) is 2. The summed E-state index contributed by atoms with van der Waals surface area (Å²) in [4.78, 5) is 15.5. The van der Waals surface area contributed by atoms with Gasteiger partial charge in [-0.05, 0) is 50.5 Å². The molecule has 0 atom stereocenters. The predicted octanol–water partition coefficient (Wildman–Crippen LogP) is 2.25. The van der Waals surface area contributed by atoms with E-state index in [1.165, 1.54) is 35.9 Å². The zero-order valence-electron chi connectivity index (χ0n) is 12.9. The maximum Gasteiger partial charge on any atom is 0.253 e. The standard InChI is InChI=1S/C17H23N3O2/c21-10-4-9-20-16-14(15(19-20)11-5-3-6-11)12-7-1-2-8-13(12)17(22)18-16/h11,21H,1-10H2,(H,18,22). The zero-order valence-corrected chi connectivity index (χ0v) is 12.9. The molecule has 0 unspecified atom stereocenters. The van der Waals surface area contributed by atoms with Crippen LogP contribution >= 0.6 is 0 Å². The molecule has 0 bridgehead atoms. The van der Waals surface area contributed by atoms with E-state index in [0.717, 1.165) is 36.9 Å². The summed E-state index contributed by atoms with van der Waals surface area (Å²) in [6.07, 6.45) is 8.53. The van der Waals surface area contributed by atoms with Crippen molar-refractivity contribution < 1.29 is 5.11 Å². The van der Waals surface area contributed by atoms with Gasteiger partial charge in [0.2, 0.25) is 0 Å². The van der Waals surface area contributed by atoms with E-state index < -0.39 is 0 Å². The van der Waals surface area contributed by atoms with Gasteiger partial charge in [0.1, 0.15) is 5.65 Å². The van der Waals surface area contributed by atoms with Gasteiger partial charge >= 0.3 is 0 Å². The van der Waals surface area contributed by atoms with Crippen LogP contribution in [0.4, 0.5) is 0 Å². The van der Waals surface area contributed by atoms with E-state index in [1.807, 2.05) is 4.68 Å². The third-order valence-electron chi connectivity index (χ3n) is 5.28. The first kappa shape index (κ1) is 14.0. The molecule has 2 aromatic rings. The number of nitrogens with one attached hydrogen (secondary N) is 1. The Morgan fingerprint density at radius 3 is 2.64 bits per heavy atom. The smallest absolute Gasteiger partial charge is 0.253 e. The number of H-pyrrole nitrogens is 1. The molecule has 118 valence electrons. The van der Waals surface area contributed by atoms with Crippen LogP contribution in [0.15, 0.2) is 4.79 Å². The fourth-order valence-corrected chi connectivity index (χ4v) is 3.87. The highest BCUT2D eigenvalue weighted by atomic mass is 16.3. The van der Waals surface area contributed by atoms with E-state index in [9.17, 15) is 4.79 Å². The van der Waals surface area contributed by atoms with Crippen LogP contribution in [0.3, 0.4) is 0 Å². The van der Waals surface area contributed by atoms with Gasteiger partial charge in [0.25, 0.3) is 5.56 Å². The lowest BCUT2D eigenvalue weighted by molar-refractivity contribution is 0.277. The van der Waals surface area contributed by atoms with Gasteiger partial charge in [-0.2, -0.15) is 5.10 Å². The number of rotatable bonds is 4. The number of aromatic amines is 1. The summed E-state index contributed by atoms with van der Waals surface area (Å²) in [5.41, 5.74) is 4.37. The van der Waals surface area contributed by atoms with Crippen molar-refractivity contribution in [2.24, 2.45) is 0 Å². The number of pyridine rings is 1. The van der Waals surface area contributed by atoms with Crippen LogP contribution in [0.25, 0.3) is 11.0 Å². The Labute approximate surface area is 129 Å². The highest BCUT2D eigenvalue weighted by Crippen LogP contribution is 2.40. The third-order valence-corrected chi connectivity index (χ3v) is 5.28. The first-order chi connectivity index (χ1) is 10.8. The summed E-state index contributed by atoms with van der Waals surface area (Å²) < 4.78 is 1.91. The molecule has 0 saturated heterocycles. The maximum atomic E-state index is 12.4. The van der Waals surface area contributed by atoms with Crippen LogP contribution in [-0.4, -0.2) is 26.5 Å². The van der Waals surface area contributed by atoms with Crippen LogP contribution in [0.2, 0.25) is 0 Å². The van der Waals surface area contributed by atoms with Gasteiger partial charge in [-0.15, -0.1) is 0 Å². The highest BCUT2D eigenvalue weighted by molar-refractivity contribution is 5.84. The van der Waals surface area contributed by atoms with Crippen molar-refractivity contribution in [1.29, 1.82) is 0 Å². The van der Waals surface area contributed by atoms with Crippen molar-refractivity contribution in [3.8, 4) is 0 Å². The summed E-state index contributed by atoms with van der Waals surface area (Å²) in [7, 11) is 0. The molecule has 2 heterocycles. The van der Waals surface area contributed by atoms with E-state index in [-0.39, 0.29) is 12.2 Å². The van der Waals surface area contributed by atoms with Crippen molar-refractivity contribution in [2.75, 3.05) is 6.61 Å². The van der Waals surface area contributed by atoms with E-state index in [4.69, 9.17) is 10.2 Å². The van der Waals surface area contributed by atoms with Crippen LogP contribution in [0, 0.1) is 0 Å². The largest absolute Gasteiger partial charge is 0.396 e. The number of aryl methyl sites for hydroxylation is 2. The normalized spacial score (nSPS) is 18.4. The molecular weight excluding hydrogens is 278 g/mol. The molecule has 1 saturated carbocycles. The van der Waals surface area contributed by atoms with Crippen LogP contribution < -0.4 is 5.56 Å². The predicted molar refractivity (Wildman–Crippen MR) is 85.3 cm³/mol. The average molecular weight is 301 g/mol. The van der Waals surface area contributed by atoms with Gasteiger partial charge in [0, 0.05) is 30.0 Å². The number of hydrogen-bond acceptors (Lipinski definition) is 3. The van der Waals surface area contributed by atoms with Crippen molar-refractivity contribution in [2.45, 2.75) is 63.8 Å². The van der Waals surface area contributed by atoms with E-state index >= 15 is 0 Å². The van der Waals surface area contributed by atoms with Gasteiger partial charge < -0.3 is 10.1 Å². The quantitative estimate of drug-likeness (QED) is 0.910. The van der Waals surface area contributed by atoms with Crippen LogP contribution in [-0.2, 0) is 19.4 Å². The van der Waals surface area contributed by atoms with Crippen molar-refractivity contribution in [3.63, 3.8) is 0 Å². The van der Waals surface area contributed by atoms with Crippen molar-refractivity contribution >= 4 is 11.0 Å².